The normalized spacial score (nSPS) is 23.3. The van der Waals surface area contributed by atoms with Crippen LogP contribution in [0.3, 0.4) is 0 Å². The molecule has 6 heterocycles. The van der Waals surface area contributed by atoms with Gasteiger partial charge < -0.3 is 29.6 Å². The highest BCUT2D eigenvalue weighted by Crippen LogP contribution is 2.40. The number of hydrogen-bond acceptors (Lipinski definition) is 9. The van der Waals surface area contributed by atoms with Crippen LogP contribution in [0, 0.1) is 17.6 Å². The summed E-state index contributed by atoms with van der Waals surface area (Å²) in [5.74, 6) is 0.413. The van der Waals surface area contributed by atoms with Crippen LogP contribution in [-0.4, -0.2) is 81.4 Å². The summed E-state index contributed by atoms with van der Waals surface area (Å²) in [4.78, 5) is 41.2. The SMILES string of the molecule is O=C1COc2ncc(N3CC4(CCN(CC5Cc6c(c(F)c7c(nc8n7CCNC8)c6F)C5)CC4)OC3=O)nc2N1. The number of nitrogens with zero attached hydrogens (tertiary/aromatic N) is 6. The second-order valence-corrected chi connectivity index (χ2v) is 11.6. The molecule has 3 aromatic rings. The molecule has 1 aromatic carbocycles. The average Bonchev–Trinajstić information content (AvgIpc) is 3.67. The van der Waals surface area contributed by atoms with E-state index >= 15 is 8.78 Å². The number of rotatable bonds is 3. The minimum absolute atomic E-state index is 0.0999. The number of nitrogens with one attached hydrogen (secondary N) is 2. The number of halogens is 2. The van der Waals surface area contributed by atoms with Crippen LogP contribution in [0.25, 0.3) is 11.0 Å². The highest BCUT2D eigenvalue weighted by atomic mass is 19.1. The lowest BCUT2D eigenvalue weighted by Gasteiger charge is -2.38. The van der Waals surface area contributed by atoms with Gasteiger partial charge in [0.2, 0.25) is 0 Å². The maximum Gasteiger partial charge on any atom is 0.416 e. The third kappa shape index (κ3) is 3.95. The van der Waals surface area contributed by atoms with Crippen LogP contribution in [-0.2, 0) is 35.5 Å². The molecule has 41 heavy (non-hydrogen) atoms. The molecular formula is C27H28F2N8O4. The van der Waals surface area contributed by atoms with Crippen molar-refractivity contribution in [1.82, 2.24) is 29.7 Å². The highest BCUT2D eigenvalue weighted by molar-refractivity contribution is 5.95. The van der Waals surface area contributed by atoms with E-state index < -0.39 is 11.7 Å². The van der Waals surface area contributed by atoms with Gasteiger partial charge in [-0.3, -0.25) is 9.69 Å². The number of likely N-dealkylation sites (tertiary alicyclic amines) is 1. The van der Waals surface area contributed by atoms with E-state index in [9.17, 15) is 9.59 Å². The first-order valence-corrected chi connectivity index (χ1v) is 14.0. The van der Waals surface area contributed by atoms with Gasteiger partial charge in [0.25, 0.3) is 11.8 Å². The van der Waals surface area contributed by atoms with Crippen LogP contribution in [0.2, 0.25) is 0 Å². The van der Waals surface area contributed by atoms with E-state index in [0.29, 0.717) is 94.0 Å². The Kier molecular flexibility index (Phi) is 5.48. The summed E-state index contributed by atoms with van der Waals surface area (Å²) in [5, 5.41) is 5.81. The second-order valence-electron chi connectivity index (χ2n) is 11.6. The Balaban J connectivity index is 0.934. The van der Waals surface area contributed by atoms with Gasteiger partial charge in [-0.2, -0.15) is 0 Å². The highest BCUT2D eigenvalue weighted by Gasteiger charge is 2.48. The van der Waals surface area contributed by atoms with Gasteiger partial charge in [-0.15, -0.1) is 0 Å². The Morgan fingerprint density at radius 3 is 2.71 bits per heavy atom. The van der Waals surface area contributed by atoms with Crippen molar-refractivity contribution in [2.75, 3.05) is 49.5 Å². The number of piperidine rings is 1. The smallest absolute Gasteiger partial charge is 0.416 e. The minimum atomic E-state index is -0.651. The number of anilines is 2. The van der Waals surface area contributed by atoms with Gasteiger partial charge in [0, 0.05) is 45.6 Å². The molecule has 2 saturated heterocycles. The van der Waals surface area contributed by atoms with Crippen molar-refractivity contribution < 1.29 is 27.8 Å². The fourth-order valence-corrected chi connectivity index (χ4v) is 6.95. The average molecular weight is 567 g/mol. The number of aromatic nitrogens is 4. The first-order chi connectivity index (χ1) is 19.9. The van der Waals surface area contributed by atoms with E-state index in [-0.39, 0.29) is 53.1 Å². The van der Waals surface area contributed by atoms with Crippen molar-refractivity contribution in [2.45, 2.75) is 44.4 Å². The van der Waals surface area contributed by atoms with Crippen molar-refractivity contribution in [1.29, 1.82) is 0 Å². The van der Waals surface area contributed by atoms with Crippen molar-refractivity contribution in [3.8, 4) is 5.88 Å². The van der Waals surface area contributed by atoms with Gasteiger partial charge in [0.1, 0.15) is 22.5 Å². The number of ether oxygens (including phenoxy) is 2. The van der Waals surface area contributed by atoms with Crippen LogP contribution in [0.1, 0.15) is 29.8 Å². The fourth-order valence-electron chi connectivity index (χ4n) is 6.95. The quantitative estimate of drug-likeness (QED) is 0.488. The maximum absolute atomic E-state index is 15.7. The van der Waals surface area contributed by atoms with E-state index in [4.69, 9.17) is 9.47 Å². The van der Waals surface area contributed by atoms with Gasteiger partial charge in [-0.1, -0.05) is 0 Å². The van der Waals surface area contributed by atoms with Crippen LogP contribution in [0.15, 0.2) is 6.20 Å². The van der Waals surface area contributed by atoms with Crippen LogP contribution >= 0.6 is 0 Å². The number of imidazole rings is 1. The minimum Gasteiger partial charge on any atom is -0.465 e. The van der Waals surface area contributed by atoms with E-state index in [1.54, 1.807) is 0 Å². The number of fused-ring (bicyclic) bond motifs is 5. The van der Waals surface area contributed by atoms with E-state index in [0.717, 1.165) is 0 Å². The van der Waals surface area contributed by atoms with Gasteiger partial charge in [-0.05, 0) is 29.9 Å². The Labute approximate surface area is 233 Å². The van der Waals surface area contributed by atoms with E-state index in [1.165, 1.54) is 11.1 Å². The predicted molar refractivity (Wildman–Crippen MR) is 141 cm³/mol. The summed E-state index contributed by atoms with van der Waals surface area (Å²) in [7, 11) is 0. The molecule has 1 spiro atoms. The zero-order valence-corrected chi connectivity index (χ0v) is 22.2. The molecule has 14 heteroatoms. The van der Waals surface area contributed by atoms with Gasteiger partial charge >= 0.3 is 6.09 Å². The summed E-state index contributed by atoms with van der Waals surface area (Å²) in [6, 6.07) is 0. The summed E-state index contributed by atoms with van der Waals surface area (Å²) >= 11 is 0. The molecular weight excluding hydrogens is 538 g/mol. The molecule has 2 aromatic heterocycles. The summed E-state index contributed by atoms with van der Waals surface area (Å²) < 4.78 is 44.2. The summed E-state index contributed by atoms with van der Waals surface area (Å²) in [6.45, 7) is 4.10. The molecule has 2 fully saturated rings. The molecule has 1 unspecified atom stereocenters. The first kappa shape index (κ1) is 24.9. The molecule has 5 aliphatic rings. The molecule has 0 saturated carbocycles. The predicted octanol–water partition coefficient (Wildman–Crippen LogP) is 1.74. The maximum atomic E-state index is 15.7. The summed E-state index contributed by atoms with van der Waals surface area (Å²) in [6.07, 6.45) is 3.17. The molecule has 8 rings (SSSR count). The Morgan fingerprint density at radius 1 is 1.07 bits per heavy atom. The Morgan fingerprint density at radius 2 is 1.88 bits per heavy atom. The first-order valence-electron chi connectivity index (χ1n) is 14.0. The molecule has 4 aliphatic heterocycles. The zero-order chi connectivity index (χ0) is 27.9. The summed E-state index contributed by atoms with van der Waals surface area (Å²) in [5.41, 5.74) is 0.741. The monoisotopic (exact) mass is 566 g/mol. The van der Waals surface area contributed by atoms with Gasteiger partial charge in [0.15, 0.2) is 29.9 Å². The van der Waals surface area contributed by atoms with Crippen molar-refractivity contribution in [3.05, 3.63) is 34.8 Å². The number of carbonyl (C=O) groups excluding carboxylic acids is 2. The van der Waals surface area contributed by atoms with Crippen molar-refractivity contribution in [2.24, 2.45) is 5.92 Å². The molecule has 214 valence electrons. The lowest BCUT2D eigenvalue weighted by atomic mass is 9.90. The lowest BCUT2D eigenvalue weighted by Crippen LogP contribution is -2.48. The van der Waals surface area contributed by atoms with Crippen LogP contribution < -0.4 is 20.3 Å². The topological polar surface area (TPSA) is 127 Å². The molecule has 12 nitrogen and oxygen atoms in total. The lowest BCUT2D eigenvalue weighted by molar-refractivity contribution is -0.118. The Bertz CT molecular complexity index is 1620. The zero-order valence-electron chi connectivity index (χ0n) is 22.2. The fraction of sp³-hybridized carbons (Fsp3) is 0.519. The molecule has 1 aliphatic carbocycles. The second kappa shape index (κ2) is 9.05. The standard InChI is InChI=1S/C27H28F2N8O4/c28-20-15-7-14(8-16(15)21(29)23-22(20)32-17-9-30-3-6-36(17)23)11-35-4-1-27(2-5-35)13-37(26(39)41-27)18-10-31-25-24(33-18)34-19(38)12-40-25/h10,14,30H,1-9,11-13H2,(H,33,34,38). The van der Waals surface area contributed by atoms with Crippen molar-refractivity contribution in [3.63, 3.8) is 0 Å². The number of hydrogen-bond donors (Lipinski definition) is 2. The molecule has 0 radical (unpaired) electrons. The number of amides is 2. The molecule has 1 atom stereocenters. The van der Waals surface area contributed by atoms with Crippen LogP contribution in [0.5, 0.6) is 5.88 Å². The molecule has 0 bridgehead atoms. The third-order valence-electron chi connectivity index (χ3n) is 8.99. The van der Waals surface area contributed by atoms with Gasteiger partial charge in [0.05, 0.1) is 19.3 Å². The largest absolute Gasteiger partial charge is 0.465 e. The Hall–Kier alpha value is -3.91. The van der Waals surface area contributed by atoms with E-state index in [1.807, 2.05) is 4.57 Å². The molecule has 2 amide bonds. The van der Waals surface area contributed by atoms with Crippen molar-refractivity contribution >= 4 is 34.7 Å². The van der Waals surface area contributed by atoms with Gasteiger partial charge in [-0.25, -0.2) is 28.5 Å². The van der Waals surface area contributed by atoms with E-state index in [2.05, 4.69) is 30.5 Å². The third-order valence-corrected chi connectivity index (χ3v) is 8.99. The van der Waals surface area contributed by atoms with Crippen LogP contribution in [0.4, 0.5) is 25.2 Å². The number of benzene rings is 1. The number of carbonyl (C=O) groups is 2. The molecule has 2 N–H and O–H groups in total.